The lowest BCUT2D eigenvalue weighted by molar-refractivity contribution is -0.146. The lowest BCUT2D eigenvalue weighted by Gasteiger charge is -2.29. The van der Waals surface area contributed by atoms with Gasteiger partial charge in [-0.05, 0) is 19.3 Å². The Bertz CT molecular complexity index is 296. The molecule has 6 nitrogen and oxygen atoms in total. The Hall–Kier alpha value is -1.30. The molecule has 1 heterocycles. The Morgan fingerprint density at radius 2 is 2.11 bits per heavy atom. The number of urea groups is 1. The molecule has 0 aromatic carbocycles. The molecule has 0 radical (unpaired) electrons. The Morgan fingerprint density at radius 1 is 1.39 bits per heavy atom. The Morgan fingerprint density at radius 3 is 2.72 bits per heavy atom. The second-order valence-electron chi connectivity index (χ2n) is 4.64. The summed E-state index contributed by atoms with van der Waals surface area (Å²) in [4.78, 5) is 24.2. The quantitative estimate of drug-likeness (QED) is 0.695. The van der Waals surface area contributed by atoms with Gasteiger partial charge in [0.05, 0.1) is 6.54 Å². The van der Waals surface area contributed by atoms with E-state index >= 15 is 0 Å². The van der Waals surface area contributed by atoms with E-state index in [9.17, 15) is 9.59 Å². The molecule has 18 heavy (non-hydrogen) atoms. The van der Waals surface area contributed by atoms with Crippen molar-refractivity contribution in [3.05, 3.63) is 0 Å². The fourth-order valence-corrected chi connectivity index (χ4v) is 2.24. The van der Waals surface area contributed by atoms with Crippen molar-refractivity contribution in [3.63, 3.8) is 0 Å². The fourth-order valence-electron chi connectivity index (χ4n) is 2.24. The zero-order valence-electron chi connectivity index (χ0n) is 10.8. The van der Waals surface area contributed by atoms with Crippen LogP contribution in [0.1, 0.15) is 39.0 Å². The maximum atomic E-state index is 12.0. The van der Waals surface area contributed by atoms with E-state index in [0.29, 0.717) is 6.54 Å². The molecule has 2 amide bonds. The van der Waals surface area contributed by atoms with Crippen LogP contribution in [0.25, 0.3) is 0 Å². The van der Waals surface area contributed by atoms with Crippen LogP contribution in [0.15, 0.2) is 0 Å². The minimum Gasteiger partial charge on any atom is -0.479 e. The van der Waals surface area contributed by atoms with Gasteiger partial charge >= 0.3 is 12.0 Å². The molecule has 6 heteroatoms. The van der Waals surface area contributed by atoms with Crippen LogP contribution in [0.2, 0.25) is 0 Å². The Labute approximate surface area is 107 Å². The van der Waals surface area contributed by atoms with E-state index in [1.54, 1.807) is 4.90 Å². The molecule has 0 aliphatic carbocycles. The van der Waals surface area contributed by atoms with Gasteiger partial charge in [0.1, 0.15) is 0 Å². The number of carbonyl (C=O) groups excluding carboxylic acids is 1. The largest absolute Gasteiger partial charge is 0.479 e. The molecule has 0 aromatic rings. The van der Waals surface area contributed by atoms with Crippen LogP contribution < -0.4 is 5.32 Å². The number of carboxylic acid groups (broad SMARTS) is 1. The SMILES string of the molecule is CCC1CCCCCN1C(=O)NCC(O)C(=O)O. The van der Waals surface area contributed by atoms with Gasteiger partial charge in [0, 0.05) is 12.6 Å². The van der Waals surface area contributed by atoms with Crippen LogP contribution in [0.3, 0.4) is 0 Å². The average molecular weight is 258 g/mol. The third-order valence-corrected chi connectivity index (χ3v) is 3.34. The monoisotopic (exact) mass is 258 g/mol. The Kier molecular flexibility index (Phi) is 5.91. The average Bonchev–Trinajstić information content (AvgIpc) is 2.60. The van der Waals surface area contributed by atoms with Gasteiger partial charge in [-0.25, -0.2) is 9.59 Å². The van der Waals surface area contributed by atoms with Crippen molar-refractivity contribution in [2.75, 3.05) is 13.1 Å². The molecule has 2 unspecified atom stereocenters. The lowest BCUT2D eigenvalue weighted by atomic mass is 10.1. The number of amides is 2. The summed E-state index contributed by atoms with van der Waals surface area (Å²) in [7, 11) is 0. The zero-order chi connectivity index (χ0) is 13.5. The highest BCUT2D eigenvalue weighted by Crippen LogP contribution is 2.18. The van der Waals surface area contributed by atoms with Crippen LogP contribution in [-0.2, 0) is 4.79 Å². The molecule has 1 saturated heterocycles. The Balaban J connectivity index is 2.49. The summed E-state index contributed by atoms with van der Waals surface area (Å²) in [5, 5.41) is 20.1. The summed E-state index contributed by atoms with van der Waals surface area (Å²) in [5.74, 6) is -1.32. The molecule has 0 saturated carbocycles. The van der Waals surface area contributed by atoms with E-state index in [2.05, 4.69) is 5.32 Å². The summed E-state index contributed by atoms with van der Waals surface area (Å²) < 4.78 is 0. The molecule has 0 aromatic heterocycles. The number of likely N-dealkylation sites (tertiary alicyclic amines) is 1. The molecule has 1 fully saturated rings. The predicted molar refractivity (Wildman–Crippen MR) is 66.3 cm³/mol. The molecule has 1 aliphatic rings. The van der Waals surface area contributed by atoms with E-state index < -0.39 is 12.1 Å². The van der Waals surface area contributed by atoms with Gasteiger partial charge in [0.2, 0.25) is 0 Å². The second-order valence-corrected chi connectivity index (χ2v) is 4.64. The van der Waals surface area contributed by atoms with E-state index in [0.717, 1.165) is 32.1 Å². The molecule has 2 atom stereocenters. The van der Waals surface area contributed by atoms with Crippen LogP contribution in [0, 0.1) is 0 Å². The first-order valence-electron chi connectivity index (χ1n) is 6.51. The van der Waals surface area contributed by atoms with Crippen LogP contribution in [0.4, 0.5) is 4.79 Å². The highest BCUT2D eigenvalue weighted by molar-refractivity contribution is 5.77. The highest BCUT2D eigenvalue weighted by atomic mass is 16.4. The first-order chi connectivity index (χ1) is 8.56. The van der Waals surface area contributed by atoms with E-state index in [4.69, 9.17) is 10.2 Å². The second kappa shape index (κ2) is 7.20. The third-order valence-electron chi connectivity index (χ3n) is 3.34. The maximum Gasteiger partial charge on any atom is 0.334 e. The third kappa shape index (κ3) is 4.18. The molecule has 0 bridgehead atoms. The van der Waals surface area contributed by atoms with Crippen molar-refractivity contribution in [2.45, 2.75) is 51.2 Å². The topological polar surface area (TPSA) is 89.9 Å². The molecular weight excluding hydrogens is 236 g/mol. The van der Waals surface area contributed by atoms with E-state index in [-0.39, 0.29) is 18.6 Å². The lowest BCUT2D eigenvalue weighted by Crippen LogP contribution is -2.48. The number of carbonyl (C=O) groups is 2. The highest BCUT2D eigenvalue weighted by Gasteiger charge is 2.24. The van der Waals surface area contributed by atoms with Gasteiger partial charge in [-0.3, -0.25) is 0 Å². The molecule has 0 spiro atoms. The first-order valence-corrected chi connectivity index (χ1v) is 6.51. The summed E-state index contributed by atoms with van der Waals surface area (Å²) in [6, 6.07) is -0.0569. The smallest absolute Gasteiger partial charge is 0.334 e. The summed E-state index contributed by atoms with van der Waals surface area (Å²) in [5.41, 5.74) is 0. The van der Waals surface area contributed by atoms with E-state index in [1.165, 1.54) is 0 Å². The van der Waals surface area contributed by atoms with Gasteiger partial charge in [-0.2, -0.15) is 0 Å². The number of nitrogens with one attached hydrogen (secondary N) is 1. The summed E-state index contributed by atoms with van der Waals surface area (Å²) >= 11 is 0. The van der Waals surface area contributed by atoms with Crippen molar-refractivity contribution < 1.29 is 19.8 Å². The van der Waals surface area contributed by atoms with Crippen molar-refractivity contribution >= 4 is 12.0 Å². The number of nitrogens with zero attached hydrogens (tertiary/aromatic N) is 1. The number of aliphatic hydroxyl groups is 1. The minimum atomic E-state index is -1.54. The number of carboxylic acids is 1. The van der Waals surface area contributed by atoms with Crippen LogP contribution in [-0.4, -0.2) is 52.3 Å². The number of aliphatic carboxylic acids is 1. The van der Waals surface area contributed by atoms with Crippen LogP contribution in [0.5, 0.6) is 0 Å². The van der Waals surface area contributed by atoms with Gasteiger partial charge < -0.3 is 20.4 Å². The normalized spacial score (nSPS) is 22.1. The van der Waals surface area contributed by atoms with Crippen LogP contribution >= 0.6 is 0 Å². The first kappa shape index (κ1) is 14.8. The number of hydrogen-bond acceptors (Lipinski definition) is 3. The molecule has 1 aliphatic heterocycles. The fraction of sp³-hybridized carbons (Fsp3) is 0.833. The van der Waals surface area contributed by atoms with E-state index in [1.807, 2.05) is 6.92 Å². The van der Waals surface area contributed by atoms with Gasteiger partial charge in [-0.1, -0.05) is 19.8 Å². The molecule has 1 rings (SSSR count). The standard InChI is InChI=1S/C12H22N2O4/c1-2-9-6-4-3-5-7-14(9)12(18)13-8-10(15)11(16)17/h9-10,15H,2-8H2,1H3,(H,13,18)(H,16,17). The molecule has 3 N–H and O–H groups in total. The molecule has 104 valence electrons. The van der Waals surface area contributed by atoms with Crippen molar-refractivity contribution in [2.24, 2.45) is 0 Å². The van der Waals surface area contributed by atoms with Crippen molar-refractivity contribution in [3.8, 4) is 0 Å². The minimum absolute atomic E-state index is 0.217. The summed E-state index contributed by atoms with van der Waals surface area (Å²) in [6.45, 7) is 2.50. The number of aliphatic hydroxyl groups excluding tert-OH is 1. The summed E-state index contributed by atoms with van der Waals surface area (Å²) in [6.07, 6.45) is 3.57. The van der Waals surface area contributed by atoms with Gasteiger partial charge in [0.25, 0.3) is 0 Å². The van der Waals surface area contributed by atoms with Gasteiger partial charge in [0.15, 0.2) is 6.10 Å². The van der Waals surface area contributed by atoms with Crippen molar-refractivity contribution in [1.82, 2.24) is 10.2 Å². The predicted octanol–water partition coefficient (Wildman–Crippen LogP) is 0.796. The number of hydrogen-bond donors (Lipinski definition) is 3. The zero-order valence-corrected chi connectivity index (χ0v) is 10.8. The number of rotatable bonds is 4. The maximum absolute atomic E-state index is 12.0. The van der Waals surface area contributed by atoms with Crippen molar-refractivity contribution in [1.29, 1.82) is 0 Å². The molecular formula is C12H22N2O4. The van der Waals surface area contributed by atoms with Gasteiger partial charge in [-0.15, -0.1) is 0 Å².